The van der Waals surface area contributed by atoms with Gasteiger partial charge in [-0.05, 0) is 26.0 Å². The number of nitrogens with zero attached hydrogens (tertiary/aromatic N) is 1. The minimum atomic E-state index is -0.664. The van der Waals surface area contributed by atoms with E-state index in [1.165, 1.54) is 0 Å². The first-order valence-electron chi connectivity index (χ1n) is 4.33. The van der Waals surface area contributed by atoms with Crippen LogP contribution >= 0.6 is 0 Å². The maximum atomic E-state index is 9.40. The second kappa shape index (κ2) is 4.23. The maximum absolute atomic E-state index is 9.40. The van der Waals surface area contributed by atoms with Gasteiger partial charge in [0, 0.05) is 12.6 Å². The van der Waals surface area contributed by atoms with Crippen molar-refractivity contribution in [2.75, 3.05) is 6.61 Å². The highest BCUT2D eigenvalue weighted by atomic mass is 16.5. The van der Waals surface area contributed by atoms with E-state index >= 15 is 0 Å². The summed E-state index contributed by atoms with van der Waals surface area (Å²) in [4.78, 5) is 3.91. The molecule has 3 nitrogen and oxygen atoms in total. The highest BCUT2D eigenvalue weighted by Gasteiger charge is 2.11. The molecule has 0 spiro atoms. The van der Waals surface area contributed by atoms with Gasteiger partial charge in [0.05, 0.1) is 18.4 Å². The van der Waals surface area contributed by atoms with Gasteiger partial charge in [0.25, 0.3) is 0 Å². The Morgan fingerprint density at radius 1 is 1.54 bits per heavy atom. The summed E-state index contributed by atoms with van der Waals surface area (Å²) in [5.74, 6) is 0.742. The van der Waals surface area contributed by atoms with Crippen LogP contribution in [-0.4, -0.2) is 22.3 Å². The molecule has 1 rings (SSSR count). The zero-order valence-corrected chi connectivity index (χ0v) is 8.03. The summed E-state index contributed by atoms with van der Waals surface area (Å²) in [6.45, 7) is 4.04. The lowest BCUT2D eigenvalue weighted by Crippen LogP contribution is -2.21. The van der Waals surface area contributed by atoms with Gasteiger partial charge < -0.3 is 9.84 Å². The standard InChI is InChI=1S/C10H15NO2/c1-10(2,12)5-7-13-9-4-3-6-11-8-9/h3-4,6,8,12H,5,7H2,1-2H3. The highest BCUT2D eigenvalue weighted by molar-refractivity contribution is 5.15. The van der Waals surface area contributed by atoms with Gasteiger partial charge in [0.2, 0.25) is 0 Å². The smallest absolute Gasteiger partial charge is 0.137 e. The van der Waals surface area contributed by atoms with Crippen LogP contribution < -0.4 is 4.74 Å². The number of aromatic nitrogens is 1. The van der Waals surface area contributed by atoms with Gasteiger partial charge in [0.1, 0.15) is 5.75 Å². The van der Waals surface area contributed by atoms with E-state index < -0.39 is 5.60 Å². The summed E-state index contributed by atoms with van der Waals surface area (Å²) in [5, 5.41) is 9.40. The molecule has 0 bridgehead atoms. The predicted molar refractivity (Wildman–Crippen MR) is 50.6 cm³/mol. The van der Waals surface area contributed by atoms with Crippen molar-refractivity contribution in [3.8, 4) is 5.75 Å². The minimum Gasteiger partial charge on any atom is -0.492 e. The number of ether oxygens (including phenoxy) is 1. The fraction of sp³-hybridized carbons (Fsp3) is 0.500. The van der Waals surface area contributed by atoms with E-state index in [0.29, 0.717) is 13.0 Å². The van der Waals surface area contributed by atoms with Crippen LogP contribution in [0.25, 0.3) is 0 Å². The fourth-order valence-electron chi connectivity index (χ4n) is 0.851. The number of rotatable bonds is 4. The van der Waals surface area contributed by atoms with Crippen molar-refractivity contribution in [3.63, 3.8) is 0 Å². The zero-order valence-electron chi connectivity index (χ0n) is 8.03. The summed E-state index contributed by atoms with van der Waals surface area (Å²) in [6, 6.07) is 3.66. The quantitative estimate of drug-likeness (QED) is 0.767. The molecule has 0 saturated heterocycles. The molecule has 0 atom stereocenters. The lowest BCUT2D eigenvalue weighted by molar-refractivity contribution is 0.0553. The normalized spacial score (nSPS) is 11.3. The van der Waals surface area contributed by atoms with Crippen LogP contribution in [0.15, 0.2) is 24.5 Å². The molecule has 0 saturated carbocycles. The van der Waals surface area contributed by atoms with Crippen LogP contribution in [0.5, 0.6) is 5.75 Å². The number of pyridine rings is 1. The predicted octanol–water partition coefficient (Wildman–Crippen LogP) is 1.62. The van der Waals surface area contributed by atoms with Crippen molar-refractivity contribution in [3.05, 3.63) is 24.5 Å². The van der Waals surface area contributed by atoms with Crippen LogP contribution in [0.3, 0.4) is 0 Å². The Labute approximate surface area is 78.4 Å². The van der Waals surface area contributed by atoms with Gasteiger partial charge in [0.15, 0.2) is 0 Å². The molecule has 0 unspecified atom stereocenters. The molecule has 1 N–H and O–H groups in total. The van der Waals surface area contributed by atoms with Crippen molar-refractivity contribution in [1.82, 2.24) is 4.98 Å². The molecule has 0 aliphatic rings. The average Bonchev–Trinajstić information content (AvgIpc) is 2.04. The molecular weight excluding hydrogens is 166 g/mol. The topological polar surface area (TPSA) is 42.4 Å². The van der Waals surface area contributed by atoms with Gasteiger partial charge in [-0.2, -0.15) is 0 Å². The van der Waals surface area contributed by atoms with E-state index in [1.54, 1.807) is 26.2 Å². The number of hydrogen-bond donors (Lipinski definition) is 1. The fourth-order valence-corrected chi connectivity index (χ4v) is 0.851. The highest BCUT2D eigenvalue weighted by Crippen LogP contribution is 2.10. The van der Waals surface area contributed by atoms with Crippen molar-refractivity contribution in [1.29, 1.82) is 0 Å². The lowest BCUT2D eigenvalue weighted by Gasteiger charge is -2.16. The first kappa shape index (κ1) is 9.99. The third kappa shape index (κ3) is 4.48. The largest absolute Gasteiger partial charge is 0.492 e. The van der Waals surface area contributed by atoms with Crippen LogP contribution in [0.1, 0.15) is 20.3 Å². The third-order valence-electron chi connectivity index (χ3n) is 1.62. The SMILES string of the molecule is CC(C)(O)CCOc1cccnc1. The summed E-state index contributed by atoms with van der Waals surface area (Å²) in [6.07, 6.45) is 3.97. The third-order valence-corrected chi connectivity index (χ3v) is 1.62. The Morgan fingerprint density at radius 2 is 2.31 bits per heavy atom. The van der Waals surface area contributed by atoms with E-state index in [9.17, 15) is 5.11 Å². The number of aliphatic hydroxyl groups is 1. The van der Waals surface area contributed by atoms with Crippen LogP contribution in [0.2, 0.25) is 0 Å². The minimum absolute atomic E-state index is 0.509. The van der Waals surface area contributed by atoms with Gasteiger partial charge >= 0.3 is 0 Å². The molecule has 13 heavy (non-hydrogen) atoms. The molecule has 0 aromatic carbocycles. The molecule has 3 heteroatoms. The summed E-state index contributed by atoms with van der Waals surface area (Å²) in [5.41, 5.74) is -0.664. The molecule has 0 aliphatic carbocycles. The van der Waals surface area contributed by atoms with E-state index in [2.05, 4.69) is 4.98 Å². The first-order valence-corrected chi connectivity index (χ1v) is 4.33. The molecular formula is C10H15NO2. The molecule has 1 aromatic rings. The molecule has 0 amide bonds. The maximum Gasteiger partial charge on any atom is 0.137 e. The summed E-state index contributed by atoms with van der Waals surface area (Å²) < 4.78 is 5.36. The average molecular weight is 181 g/mol. The van der Waals surface area contributed by atoms with Crippen LogP contribution in [-0.2, 0) is 0 Å². The van der Waals surface area contributed by atoms with Gasteiger partial charge in [-0.25, -0.2) is 0 Å². The second-order valence-electron chi connectivity index (χ2n) is 3.60. The molecule has 0 aliphatic heterocycles. The van der Waals surface area contributed by atoms with Crippen LogP contribution in [0.4, 0.5) is 0 Å². The van der Waals surface area contributed by atoms with Gasteiger partial charge in [-0.15, -0.1) is 0 Å². The van der Waals surface area contributed by atoms with Crippen molar-refractivity contribution < 1.29 is 9.84 Å². The van der Waals surface area contributed by atoms with E-state index in [-0.39, 0.29) is 0 Å². The Morgan fingerprint density at radius 3 is 2.85 bits per heavy atom. The van der Waals surface area contributed by atoms with E-state index in [1.807, 2.05) is 12.1 Å². The van der Waals surface area contributed by atoms with Crippen molar-refractivity contribution in [2.24, 2.45) is 0 Å². The molecule has 0 fully saturated rings. The first-order chi connectivity index (χ1) is 6.08. The Hall–Kier alpha value is -1.09. The molecule has 72 valence electrons. The van der Waals surface area contributed by atoms with E-state index in [4.69, 9.17) is 4.74 Å². The Kier molecular flexibility index (Phi) is 3.25. The van der Waals surface area contributed by atoms with Crippen molar-refractivity contribution >= 4 is 0 Å². The monoisotopic (exact) mass is 181 g/mol. The Balaban J connectivity index is 2.29. The molecule has 1 heterocycles. The van der Waals surface area contributed by atoms with Gasteiger partial charge in [-0.1, -0.05) is 0 Å². The summed E-state index contributed by atoms with van der Waals surface area (Å²) >= 11 is 0. The Bertz CT molecular complexity index is 241. The van der Waals surface area contributed by atoms with Gasteiger partial charge in [-0.3, -0.25) is 4.98 Å². The van der Waals surface area contributed by atoms with Crippen LogP contribution in [0, 0.1) is 0 Å². The molecule has 1 aromatic heterocycles. The molecule has 0 radical (unpaired) electrons. The lowest BCUT2D eigenvalue weighted by atomic mass is 10.1. The summed E-state index contributed by atoms with van der Waals surface area (Å²) in [7, 11) is 0. The second-order valence-corrected chi connectivity index (χ2v) is 3.60. The zero-order chi connectivity index (χ0) is 9.73. The van der Waals surface area contributed by atoms with Crippen molar-refractivity contribution in [2.45, 2.75) is 25.9 Å². The number of hydrogen-bond acceptors (Lipinski definition) is 3. The van der Waals surface area contributed by atoms with E-state index in [0.717, 1.165) is 5.75 Å².